The number of ether oxygens (including phenoxy) is 2. The fourth-order valence-corrected chi connectivity index (χ4v) is 2.96. The zero-order valence-electron chi connectivity index (χ0n) is 20.0. The Morgan fingerprint density at radius 2 is 1.62 bits per heavy atom. The molecule has 0 aliphatic heterocycles. The molecule has 0 atom stereocenters. The number of rotatable bonds is 9. The molecule has 0 unspecified atom stereocenters. The van der Waals surface area contributed by atoms with Gasteiger partial charge >= 0.3 is 11.9 Å². The van der Waals surface area contributed by atoms with Crippen molar-refractivity contribution in [3.05, 3.63) is 45.6 Å². The number of hydrogen-bond donors (Lipinski definition) is 2. The van der Waals surface area contributed by atoms with E-state index in [-0.39, 0.29) is 28.7 Å². The molecule has 0 aliphatic rings. The highest BCUT2D eigenvalue weighted by molar-refractivity contribution is 5.99. The lowest BCUT2D eigenvalue weighted by atomic mass is 9.93. The normalized spacial score (nSPS) is 11.7. The van der Waals surface area contributed by atoms with Crippen LogP contribution in [0, 0.1) is 5.41 Å². The van der Waals surface area contributed by atoms with Crippen molar-refractivity contribution >= 4 is 18.2 Å². The number of methoxy groups -OCH3 is 1. The number of allylic oxidation sites excluding steroid dienone is 4. The number of aromatic hydroxyl groups is 2. The summed E-state index contributed by atoms with van der Waals surface area (Å²) in [6, 6.07) is 0. The molecule has 0 amide bonds. The van der Waals surface area contributed by atoms with Crippen molar-refractivity contribution in [2.24, 2.45) is 5.41 Å². The van der Waals surface area contributed by atoms with Gasteiger partial charge in [-0.05, 0) is 60.8 Å². The van der Waals surface area contributed by atoms with Crippen LogP contribution >= 0.6 is 0 Å². The van der Waals surface area contributed by atoms with Crippen LogP contribution in [0.3, 0.4) is 0 Å². The van der Waals surface area contributed by atoms with Crippen molar-refractivity contribution in [3.63, 3.8) is 0 Å². The summed E-state index contributed by atoms with van der Waals surface area (Å²) in [4.78, 5) is 36.4. The van der Waals surface area contributed by atoms with E-state index in [1.807, 2.05) is 26.8 Å². The quantitative estimate of drug-likeness (QED) is 0.311. The molecule has 176 valence electrons. The summed E-state index contributed by atoms with van der Waals surface area (Å²) >= 11 is 0. The molecule has 1 aromatic carbocycles. The van der Waals surface area contributed by atoms with E-state index in [0.29, 0.717) is 6.29 Å². The average molecular weight is 447 g/mol. The van der Waals surface area contributed by atoms with Crippen molar-refractivity contribution in [2.75, 3.05) is 7.11 Å². The Morgan fingerprint density at radius 1 is 1.00 bits per heavy atom. The molecular formula is C25H34O7. The van der Waals surface area contributed by atoms with Crippen LogP contribution in [-0.2, 0) is 27.3 Å². The predicted octanol–water partition coefficient (Wildman–Crippen LogP) is 5.02. The third-order valence-corrected chi connectivity index (χ3v) is 4.90. The van der Waals surface area contributed by atoms with Crippen molar-refractivity contribution in [3.8, 4) is 11.5 Å². The summed E-state index contributed by atoms with van der Waals surface area (Å²) in [6.45, 7) is 10.4. The predicted molar refractivity (Wildman–Crippen MR) is 122 cm³/mol. The van der Waals surface area contributed by atoms with Crippen LogP contribution in [-0.4, -0.2) is 35.5 Å². The lowest BCUT2D eigenvalue weighted by molar-refractivity contribution is -0.154. The van der Waals surface area contributed by atoms with Gasteiger partial charge in [-0.25, -0.2) is 4.79 Å². The summed E-state index contributed by atoms with van der Waals surface area (Å²) in [5.41, 5.74) is 0.818. The van der Waals surface area contributed by atoms with E-state index >= 15 is 0 Å². The standard InChI is InChI=1S/C25H34O7/c1-15(2)9-8-10-16(3)11-12-17-21(27)18(13-26)19(14-32-24(30)25(4,5)6)20(22(17)28)23(29)31-7/h9,11,13,27-28H,8,10,12,14H2,1-7H3. The van der Waals surface area contributed by atoms with E-state index in [0.717, 1.165) is 25.5 Å². The van der Waals surface area contributed by atoms with Crippen LogP contribution in [0.25, 0.3) is 0 Å². The monoisotopic (exact) mass is 446 g/mol. The van der Waals surface area contributed by atoms with Crippen LogP contribution in [0.1, 0.15) is 86.2 Å². The second kappa shape index (κ2) is 11.5. The van der Waals surface area contributed by atoms with E-state index in [1.165, 1.54) is 5.57 Å². The summed E-state index contributed by atoms with van der Waals surface area (Å²) in [6.07, 6.45) is 6.05. The van der Waals surface area contributed by atoms with Crippen molar-refractivity contribution < 1.29 is 34.1 Å². The summed E-state index contributed by atoms with van der Waals surface area (Å²) in [5.74, 6) is -2.43. The molecule has 0 saturated heterocycles. The van der Waals surface area contributed by atoms with Gasteiger partial charge in [-0.15, -0.1) is 0 Å². The minimum Gasteiger partial charge on any atom is -0.507 e. The van der Waals surface area contributed by atoms with Crippen LogP contribution in [0.2, 0.25) is 0 Å². The first-order valence-corrected chi connectivity index (χ1v) is 10.4. The molecule has 1 aromatic rings. The minimum absolute atomic E-state index is 0.0277. The molecule has 0 radical (unpaired) electrons. The SMILES string of the molecule is COC(=O)c1c(O)c(CC=C(C)CCC=C(C)C)c(O)c(C=O)c1COC(=O)C(C)(C)C. The van der Waals surface area contributed by atoms with Crippen molar-refractivity contribution in [1.29, 1.82) is 0 Å². The molecule has 7 heteroatoms. The second-order valence-electron chi connectivity index (χ2n) is 8.95. The Kier molecular flexibility index (Phi) is 9.69. The topological polar surface area (TPSA) is 110 Å². The van der Waals surface area contributed by atoms with Gasteiger partial charge in [0.25, 0.3) is 0 Å². The van der Waals surface area contributed by atoms with Crippen molar-refractivity contribution in [1.82, 2.24) is 0 Å². The van der Waals surface area contributed by atoms with Gasteiger partial charge in [0.05, 0.1) is 18.1 Å². The highest BCUT2D eigenvalue weighted by Crippen LogP contribution is 2.39. The molecule has 1 rings (SSSR count). The van der Waals surface area contributed by atoms with E-state index < -0.39 is 35.5 Å². The number of carbonyl (C=O) groups is 3. The van der Waals surface area contributed by atoms with Gasteiger partial charge < -0.3 is 19.7 Å². The molecule has 0 spiro atoms. The number of phenols is 2. The molecule has 0 heterocycles. The average Bonchev–Trinajstić information content (AvgIpc) is 2.70. The third-order valence-electron chi connectivity index (χ3n) is 4.90. The lowest BCUT2D eigenvalue weighted by Gasteiger charge is -2.20. The van der Waals surface area contributed by atoms with Gasteiger partial charge in [-0.2, -0.15) is 0 Å². The van der Waals surface area contributed by atoms with Crippen LogP contribution < -0.4 is 0 Å². The fraction of sp³-hybridized carbons (Fsp3) is 0.480. The number of carbonyl (C=O) groups excluding carboxylic acids is 3. The van der Waals surface area contributed by atoms with Crippen molar-refractivity contribution in [2.45, 2.75) is 67.4 Å². The number of hydrogen-bond acceptors (Lipinski definition) is 7. The summed E-state index contributed by atoms with van der Waals surface area (Å²) in [5, 5.41) is 21.5. The largest absolute Gasteiger partial charge is 0.507 e. The molecule has 2 N–H and O–H groups in total. The summed E-state index contributed by atoms with van der Waals surface area (Å²) in [7, 11) is 1.13. The van der Waals surface area contributed by atoms with Gasteiger partial charge in [0.2, 0.25) is 0 Å². The first-order valence-electron chi connectivity index (χ1n) is 10.4. The van der Waals surface area contributed by atoms with Gasteiger partial charge in [-0.1, -0.05) is 23.3 Å². The summed E-state index contributed by atoms with van der Waals surface area (Å²) < 4.78 is 10.0. The van der Waals surface area contributed by atoms with Gasteiger partial charge in [-0.3, -0.25) is 9.59 Å². The smallest absolute Gasteiger partial charge is 0.342 e. The maximum absolute atomic E-state index is 12.4. The van der Waals surface area contributed by atoms with Gasteiger partial charge in [0.1, 0.15) is 23.7 Å². The maximum Gasteiger partial charge on any atom is 0.342 e. The molecule has 0 aromatic heterocycles. The van der Waals surface area contributed by atoms with Gasteiger partial charge in [0.15, 0.2) is 6.29 Å². The highest BCUT2D eigenvalue weighted by Gasteiger charge is 2.30. The zero-order valence-corrected chi connectivity index (χ0v) is 20.0. The molecular weight excluding hydrogens is 412 g/mol. The maximum atomic E-state index is 12.4. The lowest BCUT2D eigenvalue weighted by Crippen LogP contribution is -2.23. The molecule has 0 bridgehead atoms. The van der Waals surface area contributed by atoms with Gasteiger partial charge in [0, 0.05) is 11.1 Å². The van der Waals surface area contributed by atoms with E-state index in [2.05, 4.69) is 6.08 Å². The molecule has 0 aliphatic carbocycles. The number of benzene rings is 1. The Hall–Kier alpha value is -3.09. The molecule has 32 heavy (non-hydrogen) atoms. The first-order chi connectivity index (χ1) is 14.8. The molecule has 0 saturated carbocycles. The first kappa shape index (κ1) is 26.9. The van der Waals surface area contributed by atoms with E-state index in [1.54, 1.807) is 20.8 Å². The minimum atomic E-state index is -0.905. The number of phenolic OH excluding ortho intramolecular Hbond substituents is 2. The molecule has 0 fully saturated rings. The van der Waals surface area contributed by atoms with Crippen LogP contribution in [0.5, 0.6) is 11.5 Å². The zero-order chi connectivity index (χ0) is 24.6. The number of esters is 2. The fourth-order valence-electron chi connectivity index (χ4n) is 2.96. The Bertz CT molecular complexity index is 927. The van der Waals surface area contributed by atoms with E-state index in [4.69, 9.17) is 9.47 Å². The van der Waals surface area contributed by atoms with Crippen LogP contribution in [0.15, 0.2) is 23.3 Å². The molecule has 7 nitrogen and oxygen atoms in total. The Labute approximate surface area is 189 Å². The Morgan fingerprint density at radius 3 is 2.12 bits per heavy atom. The number of aldehydes is 1. The third kappa shape index (κ3) is 6.97. The second-order valence-corrected chi connectivity index (χ2v) is 8.95. The van der Waals surface area contributed by atoms with Crippen LogP contribution in [0.4, 0.5) is 0 Å². The Balaban J connectivity index is 3.44. The highest BCUT2D eigenvalue weighted by atomic mass is 16.5. The van der Waals surface area contributed by atoms with E-state index in [9.17, 15) is 24.6 Å².